The van der Waals surface area contributed by atoms with E-state index in [9.17, 15) is 19.5 Å². The molecule has 4 aliphatic heterocycles. The van der Waals surface area contributed by atoms with E-state index in [1.54, 1.807) is 4.90 Å². The smallest absolute Gasteiger partial charge is 0.313 e. The van der Waals surface area contributed by atoms with E-state index in [-0.39, 0.29) is 30.9 Å². The van der Waals surface area contributed by atoms with Gasteiger partial charge in [-0.15, -0.1) is 0 Å². The van der Waals surface area contributed by atoms with Crippen LogP contribution in [0.3, 0.4) is 0 Å². The molecular formula is C32H42N2O6. The Kier molecular flexibility index (Phi) is 7.70. The predicted octanol–water partition coefficient (Wildman–Crippen LogP) is 3.87. The van der Waals surface area contributed by atoms with E-state index in [0.29, 0.717) is 13.0 Å². The van der Waals surface area contributed by atoms with E-state index in [1.165, 1.54) is 4.90 Å². The number of amides is 2. The molecule has 8 heteroatoms. The van der Waals surface area contributed by atoms with Crippen LogP contribution in [0.2, 0.25) is 0 Å². The van der Waals surface area contributed by atoms with Crippen LogP contribution in [0.1, 0.15) is 57.6 Å². The second kappa shape index (κ2) is 10.8. The molecule has 1 aromatic carbocycles. The van der Waals surface area contributed by atoms with Crippen LogP contribution in [-0.2, 0) is 23.9 Å². The quantitative estimate of drug-likeness (QED) is 0.442. The van der Waals surface area contributed by atoms with Gasteiger partial charge in [-0.2, -0.15) is 0 Å². The van der Waals surface area contributed by atoms with Crippen molar-refractivity contribution < 1.29 is 29.0 Å². The summed E-state index contributed by atoms with van der Waals surface area (Å²) in [5.41, 5.74) is 0.220. The minimum atomic E-state index is -1.39. The molecule has 0 saturated carbocycles. The standard InChI is InChI=1S/C32H42N2O6/c1-6-31-15-9-7-8-10-18-39-30(38)25(31)24-28(36)34(23(19-35)20(2)3)27-29(37)33(17-12-16-32(24,27)40-31)26-21(4)13-11-14-22(26)5/h9,11-16,20,23-25,27,35H,6-8,10,17-19H2,1-5H3/b15-9-/t23-,24-,25-,27?,31+,32-/m0/s1. The summed E-state index contributed by atoms with van der Waals surface area (Å²) in [7, 11) is 0. The molecule has 0 aromatic heterocycles. The number of carbonyl (C=O) groups is 3. The number of anilines is 1. The number of para-hydroxylation sites is 1. The average Bonchev–Trinajstić information content (AvgIpc) is 3.27. The number of nitrogens with zero attached hydrogens (tertiary/aromatic N) is 2. The number of benzene rings is 1. The van der Waals surface area contributed by atoms with Crippen LogP contribution in [0.25, 0.3) is 0 Å². The van der Waals surface area contributed by atoms with Crippen molar-refractivity contribution in [2.45, 2.75) is 83.6 Å². The van der Waals surface area contributed by atoms with Gasteiger partial charge in [0.2, 0.25) is 5.91 Å². The molecule has 40 heavy (non-hydrogen) atoms. The highest BCUT2D eigenvalue weighted by Crippen LogP contribution is 2.59. The highest BCUT2D eigenvalue weighted by Gasteiger charge is 2.76. The summed E-state index contributed by atoms with van der Waals surface area (Å²) in [5.74, 6) is -3.09. The summed E-state index contributed by atoms with van der Waals surface area (Å²) in [4.78, 5) is 46.4. The number of cyclic esters (lactones) is 1. The van der Waals surface area contributed by atoms with Crippen LogP contribution in [-0.4, -0.2) is 70.8 Å². The topological polar surface area (TPSA) is 96.4 Å². The van der Waals surface area contributed by atoms with Crippen LogP contribution < -0.4 is 4.90 Å². The van der Waals surface area contributed by atoms with Gasteiger partial charge in [0.1, 0.15) is 23.2 Å². The number of aliphatic hydroxyl groups excluding tert-OH is 1. The monoisotopic (exact) mass is 550 g/mol. The van der Waals surface area contributed by atoms with Crippen molar-refractivity contribution in [1.29, 1.82) is 0 Å². The number of fused-ring (bicyclic) bond motifs is 2. The van der Waals surface area contributed by atoms with Gasteiger partial charge in [0, 0.05) is 12.2 Å². The van der Waals surface area contributed by atoms with Crippen molar-refractivity contribution in [1.82, 2.24) is 4.90 Å². The summed E-state index contributed by atoms with van der Waals surface area (Å²) >= 11 is 0. The average molecular weight is 551 g/mol. The molecule has 0 bridgehead atoms. The summed E-state index contributed by atoms with van der Waals surface area (Å²) < 4.78 is 12.8. The molecule has 2 saturated heterocycles. The lowest BCUT2D eigenvalue weighted by Crippen LogP contribution is -2.60. The molecule has 2 fully saturated rings. The summed E-state index contributed by atoms with van der Waals surface area (Å²) in [5, 5.41) is 10.5. The van der Waals surface area contributed by atoms with Gasteiger partial charge in [0.05, 0.1) is 25.2 Å². The molecule has 216 valence electrons. The fourth-order valence-corrected chi connectivity index (χ4v) is 7.39. The fourth-order valence-electron chi connectivity index (χ4n) is 7.39. The Morgan fingerprint density at radius 1 is 1.02 bits per heavy atom. The number of hydrogen-bond acceptors (Lipinski definition) is 6. The van der Waals surface area contributed by atoms with Crippen LogP contribution in [0, 0.1) is 31.6 Å². The number of aryl methyl sites for hydroxylation is 2. The van der Waals surface area contributed by atoms with Crippen molar-refractivity contribution in [3.8, 4) is 0 Å². The molecule has 4 aliphatic rings. The summed E-state index contributed by atoms with van der Waals surface area (Å²) in [6.45, 7) is 10.0. The van der Waals surface area contributed by atoms with E-state index in [4.69, 9.17) is 9.47 Å². The lowest BCUT2D eigenvalue weighted by Gasteiger charge is -2.42. The van der Waals surface area contributed by atoms with Crippen molar-refractivity contribution >= 4 is 23.5 Å². The molecule has 1 aromatic rings. The Morgan fingerprint density at radius 2 is 1.75 bits per heavy atom. The second-order valence-electron chi connectivity index (χ2n) is 12.0. The van der Waals surface area contributed by atoms with Crippen LogP contribution in [0.4, 0.5) is 5.69 Å². The van der Waals surface area contributed by atoms with Gasteiger partial charge in [-0.1, -0.05) is 63.3 Å². The van der Waals surface area contributed by atoms with Crippen LogP contribution in [0.15, 0.2) is 42.5 Å². The van der Waals surface area contributed by atoms with E-state index in [1.807, 2.05) is 77.1 Å². The van der Waals surface area contributed by atoms with Gasteiger partial charge in [-0.05, 0) is 56.6 Å². The number of aliphatic hydroxyl groups is 1. The molecule has 4 heterocycles. The Bertz CT molecular complexity index is 1220. The minimum absolute atomic E-state index is 0.134. The largest absolute Gasteiger partial charge is 0.465 e. The van der Waals surface area contributed by atoms with Crippen LogP contribution >= 0.6 is 0 Å². The number of carbonyl (C=O) groups excluding carboxylic acids is 3. The lowest BCUT2D eigenvalue weighted by molar-refractivity contribution is -0.162. The molecule has 0 aliphatic carbocycles. The first kappa shape index (κ1) is 28.6. The molecule has 0 radical (unpaired) electrons. The first-order valence-corrected chi connectivity index (χ1v) is 14.7. The van der Waals surface area contributed by atoms with Gasteiger partial charge in [0.25, 0.3) is 5.91 Å². The highest BCUT2D eigenvalue weighted by molar-refractivity contribution is 6.06. The molecule has 1 N–H and O–H groups in total. The van der Waals surface area contributed by atoms with Gasteiger partial charge in [-0.3, -0.25) is 14.4 Å². The number of likely N-dealkylation sites (tertiary alicyclic amines) is 1. The van der Waals surface area contributed by atoms with Gasteiger partial charge in [0.15, 0.2) is 0 Å². The normalized spacial score (nSPS) is 33.8. The van der Waals surface area contributed by atoms with E-state index in [2.05, 4.69) is 0 Å². The number of ether oxygens (including phenoxy) is 2. The molecule has 8 nitrogen and oxygen atoms in total. The zero-order chi connectivity index (χ0) is 28.8. The van der Waals surface area contributed by atoms with Gasteiger partial charge in [-0.25, -0.2) is 0 Å². The number of allylic oxidation sites excluding steroid dienone is 1. The maximum absolute atomic E-state index is 14.8. The van der Waals surface area contributed by atoms with Crippen molar-refractivity contribution in [3.05, 3.63) is 53.6 Å². The predicted molar refractivity (Wildman–Crippen MR) is 152 cm³/mol. The lowest BCUT2D eigenvalue weighted by atomic mass is 9.73. The molecule has 1 spiro atoms. The Morgan fingerprint density at radius 3 is 2.40 bits per heavy atom. The molecule has 1 unspecified atom stereocenters. The summed E-state index contributed by atoms with van der Waals surface area (Å²) in [6, 6.07) is 4.22. The van der Waals surface area contributed by atoms with Crippen LogP contribution in [0.5, 0.6) is 0 Å². The molecular weight excluding hydrogens is 508 g/mol. The van der Waals surface area contributed by atoms with Crippen molar-refractivity contribution in [2.75, 3.05) is 24.7 Å². The Hall–Kier alpha value is -2.97. The fraction of sp³-hybridized carbons (Fsp3) is 0.594. The number of esters is 1. The highest BCUT2D eigenvalue weighted by atomic mass is 16.6. The maximum atomic E-state index is 14.8. The first-order chi connectivity index (χ1) is 19.1. The first-order valence-electron chi connectivity index (χ1n) is 14.7. The zero-order valence-corrected chi connectivity index (χ0v) is 24.3. The maximum Gasteiger partial charge on any atom is 0.313 e. The molecule has 6 atom stereocenters. The SMILES string of the molecule is CC[C@@]12/C=C\CCCCOC(=O)[C@@H]1[C@H]1C(=O)N([C@@H](CO)C(C)C)C3C(=O)N(c4c(C)cccc4C)CC=C[C@@]31O2. The molecule has 5 rings (SSSR count). The van der Waals surface area contributed by atoms with Crippen molar-refractivity contribution in [3.63, 3.8) is 0 Å². The Labute approximate surface area is 237 Å². The third-order valence-corrected chi connectivity index (χ3v) is 9.34. The Balaban J connectivity index is 1.73. The summed E-state index contributed by atoms with van der Waals surface area (Å²) in [6.07, 6.45) is 10.6. The zero-order valence-electron chi connectivity index (χ0n) is 24.3. The van der Waals surface area contributed by atoms with Gasteiger partial charge >= 0.3 is 5.97 Å². The van der Waals surface area contributed by atoms with Gasteiger partial charge < -0.3 is 24.4 Å². The molecule has 2 amide bonds. The van der Waals surface area contributed by atoms with Crippen molar-refractivity contribution in [2.24, 2.45) is 17.8 Å². The second-order valence-corrected chi connectivity index (χ2v) is 12.0. The van der Waals surface area contributed by atoms with E-state index < -0.39 is 41.1 Å². The van der Waals surface area contributed by atoms with E-state index in [0.717, 1.165) is 36.1 Å². The number of hydrogen-bond donors (Lipinski definition) is 1. The third-order valence-electron chi connectivity index (χ3n) is 9.34. The minimum Gasteiger partial charge on any atom is -0.465 e. The van der Waals surface area contributed by atoms with E-state index >= 15 is 0 Å². The number of rotatable bonds is 5. The third kappa shape index (κ3) is 4.22.